The highest BCUT2D eigenvalue weighted by Gasteiger charge is 2.25. The van der Waals surface area contributed by atoms with Crippen LogP contribution < -0.4 is 10.6 Å². The molecule has 2 N–H and O–H groups in total. The molecule has 0 aliphatic heterocycles. The van der Waals surface area contributed by atoms with Crippen molar-refractivity contribution in [3.63, 3.8) is 0 Å². The maximum absolute atomic E-state index is 12.4. The Kier molecular flexibility index (Phi) is 8.28. The number of nitrogens with one attached hydrogen (secondary N) is 2. The third kappa shape index (κ3) is 7.40. The third-order valence-electron chi connectivity index (χ3n) is 4.07. The minimum absolute atomic E-state index is 0.0725. The molecule has 150 valence electrons. The summed E-state index contributed by atoms with van der Waals surface area (Å²) in [5, 5.41) is 4.99. The molecule has 0 heterocycles. The molecule has 0 spiro atoms. The first-order valence-electron chi connectivity index (χ1n) is 9.02. The van der Waals surface area contributed by atoms with E-state index in [1.807, 2.05) is 60.7 Å². The van der Waals surface area contributed by atoms with E-state index in [1.54, 1.807) is 0 Å². The van der Waals surface area contributed by atoms with E-state index in [0.717, 1.165) is 17.3 Å². The summed E-state index contributed by atoms with van der Waals surface area (Å²) < 4.78 is 5.08. The largest absolute Gasteiger partial charge is 0.445 e. The molecule has 0 aromatic heterocycles. The van der Waals surface area contributed by atoms with Crippen LogP contribution in [0.5, 0.6) is 0 Å². The SMILES string of the molecule is C[C@H](NC(=O)OCc1ccccc1)C(=O)N[C@@H](Cc1ccccc1)C(=O)C=[N+]=[N-]. The lowest BCUT2D eigenvalue weighted by Crippen LogP contribution is -2.51. The molecule has 0 aliphatic rings. The molecule has 29 heavy (non-hydrogen) atoms. The van der Waals surface area contributed by atoms with Gasteiger partial charge in [0.1, 0.15) is 18.7 Å². The van der Waals surface area contributed by atoms with E-state index >= 15 is 0 Å². The zero-order chi connectivity index (χ0) is 21.1. The number of ketones is 1. The molecule has 8 heteroatoms. The number of hydrogen-bond donors (Lipinski definition) is 2. The van der Waals surface area contributed by atoms with Crippen LogP contribution in [0.25, 0.3) is 5.53 Å². The molecule has 2 aromatic rings. The Morgan fingerprint density at radius 2 is 1.59 bits per heavy atom. The molecule has 0 radical (unpaired) electrons. The van der Waals surface area contributed by atoms with Crippen molar-refractivity contribution < 1.29 is 23.9 Å². The van der Waals surface area contributed by atoms with Gasteiger partial charge in [-0.15, -0.1) is 0 Å². The summed E-state index contributed by atoms with van der Waals surface area (Å²) in [6.45, 7) is 1.55. The number of rotatable bonds is 9. The third-order valence-corrected chi connectivity index (χ3v) is 4.07. The summed E-state index contributed by atoms with van der Waals surface area (Å²) in [6.07, 6.45) is 0.197. The van der Waals surface area contributed by atoms with E-state index in [2.05, 4.69) is 15.4 Å². The first-order valence-corrected chi connectivity index (χ1v) is 9.02. The second kappa shape index (κ2) is 11.2. The summed E-state index contributed by atoms with van der Waals surface area (Å²) >= 11 is 0. The molecule has 0 fully saturated rings. The van der Waals surface area contributed by atoms with Gasteiger partial charge >= 0.3 is 12.3 Å². The molecule has 2 amide bonds. The van der Waals surface area contributed by atoms with E-state index in [4.69, 9.17) is 10.3 Å². The molecule has 2 atom stereocenters. The van der Waals surface area contributed by atoms with E-state index in [1.165, 1.54) is 6.92 Å². The lowest BCUT2D eigenvalue weighted by molar-refractivity contribution is -0.127. The Morgan fingerprint density at radius 1 is 1.00 bits per heavy atom. The van der Waals surface area contributed by atoms with Gasteiger partial charge in [0.2, 0.25) is 5.91 Å². The predicted octanol–water partition coefficient (Wildman–Crippen LogP) is 1.90. The number of carbonyl (C=O) groups excluding carboxylic acids is 3. The van der Waals surface area contributed by atoms with E-state index in [-0.39, 0.29) is 13.0 Å². The van der Waals surface area contributed by atoms with Crippen LogP contribution in [0.15, 0.2) is 60.7 Å². The zero-order valence-corrected chi connectivity index (χ0v) is 15.9. The van der Waals surface area contributed by atoms with E-state index < -0.39 is 29.9 Å². The summed E-state index contributed by atoms with van der Waals surface area (Å²) in [5.41, 5.74) is 10.3. The van der Waals surface area contributed by atoms with E-state index in [0.29, 0.717) is 0 Å². The summed E-state index contributed by atoms with van der Waals surface area (Å²) in [6, 6.07) is 16.3. The molecular weight excluding hydrogens is 372 g/mol. The quantitative estimate of drug-likeness (QED) is 0.383. The van der Waals surface area contributed by atoms with Gasteiger partial charge in [-0.05, 0) is 18.1 Å². The normalized spacial score (nSPS) is 12.0. The number of carbonyl (C=O) groups is 3. The van der Waals surface area contributed by atoms with Gasteiger partial charge in [-0.3, -0.25) is 9.59 Å². The molecular formula is C21H22N4O4. The van der Waals surface area contributed by atoms with Gasteiger partial charge < -0.3 is 20.9 Å². The van der Waals surface area contributed by atoms with Crippen molar-refractivity contribution in [3.8, 4) is 0 Å². The van der Waals surface area contributed by atoms with Gasteiger partial charge in [0.15, 0.2) is 0 Å². The van der Waals surface area contributed by atoms with Gasteiger partial charge in [-0.25, -0.2) is 4.79 Å². The van der Waals surface area contributed by atoms with Gasteiger partial charge in [-0.1, -0.05) is 60.7 Å². The number of nitrogens with zero attached hydrogens (tertiary/aromatic N) is 2. The minimum atomic E-state index is -0.939. The summed E-state index contributed by atoms with van der Waals surface area (Å²) in [4.78, 5) is 39.2. The maximum Gasteiger partial charge on any atom is 0.408 e. The van der Waals surface area contributed by atoms with E-state index in [9.17, 15) is 14.4 Å². The van der Waals surface area contributed by atoms with Crippen molar-refractivity contribution in [1.82, 2.24) is 10.6 Å². The van der Waals surface area contributed by atoms with Gasteiger partial charge in [-0.2, -0.15) is 4.79 Å². The number of alkyl carbamates (subject to hydrolysis) is 1. The highest BCUT2D eigenvalue weighted by molar-refractivity contribution is 6.28. The van der Waals surface area contributed by atoms with Crippen LogP contribution in [-0.2, 0) is 27.4 Å². The molecule has 0 aliphatic carbocycles. The number of benzene rings is 2. The molecule has 0 unspecified atom stereocenters. The Hall–Kier alpha value is -3.77. The number of ether oxygens (including phenoxy) is 1. The molecule has 0 saturated heterocycles. The van der Waals surface area contributed by atoms with Crippen LogP contribution in [0.3, 0.4) is 0 Å². The Bertz CT molecular complexity index is 880. The number of hydrogen-bond acceptors (Lipinski definition) is 4. The number of Topliss-reactive ketones (excluding diaryl/α,β-unsaturated/α-hetero) is 1. The monoisotopic (exact) mass is 394 g/mol. The van der Waals surface area contributed by atoms with Crippen LogP contribution in [0, 0.1) is 0 Å². The van der Waals surface area contributed by atoms with Crippen LogP contribution in [0.4, 0.5) is 4.79 Å². The first-order chi connectivity index (χ1) is 14.0. The van der Waals surface area contributed by atoms with Gasteiger partial charge in [0.25, 0.3) is 5.78 Å². The second-order valence-corrected chi connectivity index (χ2v) is 6.33. The fraction of sp³-hybridized carbons (Fsp3) is 0.238. The lowest BCUT2D eigenvalue weighted by atomic mass is 10.0. The second-order valence-electron chi connectivity index (χ2n) is 6.33. The standard InChI is InChI=1S/C21H22N4O4/c1-15(24-21(28)29-14-17-10-6-3-7-11-17)20(27)25-18(19(26)13-23-22)12-16-8-4-2-5-9-16/h2-11,13,15,18H,12,14H2,1H3,(H,24,28)(H,25,27)/t15-,18-/m0/s1. The Morgan fingerprint density at radius 3 is 2.17 bits per heavy atom. The van der Waals surface area contributed by atoms with Gasteiger partial charge in [0, 0.05) is 6.42 Å². The average Bonchev–Trinajstić information content (AvgIpc) is 2.73. The molecule has 2 rings (SSSR count). The van der Waals surface area contributed by atoms with Crippen molar-refractivity contribution in [2.45, 2.75) is 32.0 Å². The highest BCUT2D eigenvalue weighted by Crippen LogP contribution is 2.05. The Balaban J connectivity index is 1.91. The topological polar surface area (TPSA) is 121 Å². The summed E-state index contributed by atoms with van der Waals surface area (Å²) in [5.74, 6) is -1.13. The van der Waals surface area contributed by atoms with Crippen molar-refractivity contribution in [1.29, 1.82) is 0 Å². The van der Waals surface area contributed by atoms with Crippen molar-refractivity contribution in [2.24, 2.45) is 0 Å². The molecule has 8 nitrogen and oxygen atoms in total. The average molecular weight is 394 g/mol. The van der Waals surface area contributed by atoms with Crippen molar-refractivity contribution >= 4 is 24.0 Å². The zero-order valence-electron chi connectivity index (χ0n) is 15.9. The van der Waals surface area contributed by atoms with Crippen LogP contribution in [-0.4, -0.2) is 40.9 Å². The van der Waals surface area contributed by atoms with Crippen LogP contribution >= 0.6 is 0 Å². The first kappa shape index (κ1) is 21.5. The fourth-order valence-electron chi connectivity index (χ4n) is 2.52. The maximum atomic E-state index is 12.4. The highest BCUT2D eigenvalue weighted by atomic mass is 16.5. The molecule has 2 aromatic carbocycles. The Labute approximate surface area is 168 Å². The van der Waals surface area contributed by atoms with Crippen LogP contribution in [0.1, 0.15) is 18.1 Å². The molecule has 0 bridgehead atoms. The van der Waals surface area contributed by atoms with Crippen LogP contribution in [0.2, 0.25) is 0 Å². The predicted molar refractivity (Wildman–Crippen MR) is 106 cm³/mol. The summed E-state index contributed by atoms with van der Waals surface area (Å²) in [7, 11) is 0. The van der Waals surface area contributed by atoms with Gasteiger partial charge in [0.05, 0.1) is 0 Å². The van der Waals surface area contributed by atoms with Crippen molar-refractivity contribution in [3.05, 3.63) is 77.3 Å². The fourth-order valence-corrected chi connectivity index (χ4v) is 2.52. The molecule has 0 saturated carbocycles. The van der Waals surface area contributed by atoms with Crippen molar-refractivity contribution in [2.75, 3.05) is 0 Å². The minimum Gasteiger partial charge on any atom is -0.445 e. The number of amides is 2. The lowest BCUT2D eigenvalue weighted by Gasteiger charge is -2.19. The smallest absolute Gasteiger partial charge is 0.408 e.